The molecule has 1 aromatic heterocycles. The van der Waals surface area contributed by atoms with E-state index in [1.807, 2.05) is 12.1 Å². The number of furan rings is 1. The van der Waals surface area contributed by atoms with Crippen LogP contribution in [0.4, 0.5) is 0 Å². The second-order valence-corrected chi connectivity index (χ2v) is 18.3. The average molecular weight is 638 g/mol. The van der Waals surface area contributed by atoms with Crippen molar-refractivity contribution in [2.24, 2.45) is 56.2 Å². The van der Waals surface area contributed by atoms with Crippen molar-refractivity contribution in [3.63, 3.8) is 0 Å². The first-order valence-corrected chi connectivity index (χ1v) is 18.2. The van der Waals surface area contributed by atoms with Gasteiger partial charge in [0.2, 0.25) is 5.91 Å². The number of amides is 1. The summed E-state index contributed by atoms with van der Waals surface area (Å²) in [5.74, 6) is 1.96. The molecule has 1 amide bonds. The van der Waals surface area contributed by atoms with Gasteiger partial charge in [-0.2, -0.15) is 0 Å². The van der Waals surface area contributed by atoms with E-state index < -0.39 is 11.4 Å². The number of aliphatic carboxylic acids is 1. The standard InChI is InChI=1S/C39H59NO6/c1-34(2,33(43)44)23-32(42)46-30-15-17-36(5)28(35(30,3)4)14-18-38(7)29(36)13-12-26-27-11-8-16-39(27,20-19-37(26,38)6)22-31(41)40-24-25-10-9-21-45-25/h9-10,21,26-30H,8,11-20,22-24H2,1-7H3,(H,40,41)(H,43,44)/t26-,27-,28?,29?,30+,36+,37-,38-,39-/m1/s1. The molecule has 6 rings (SSSR count). The van der Waals surface area contributed by atoms with Crippen molar-refractivity contribution >= 4 is 17.8 Å². The number of carbonyl (C=O) groups excluding carboxylic acids is 2. The molecule has 7 nitrogen and oxygen atoms in total. The summed E-state index contributed by atoms with van der Waals surface area (Å²) < 4.78 is 11.6. The average Bonchev–Trinajstić information content (AvgIpc) is 3.64. The van der Waals surface area contributed by atoms with Crippen LogP contribution < -0.4 is 5.32 Å². The van der Waals surface area contributed by atoms with E-state index in [0.29, 0.717) is 36.6 Å². The van der Waals surface area contributed by atoms with Gasteiger partial charge in [-0.3, -0.25) is 14.4 Å². The highest BCUT2D eigenvalue weighted by Crippen LogP contribution is 2.77. The molecule has 7 heteroatoms. The molecule has 46 heavy (non-hydrogen) atoms. The van der Waals surface area contributed by atoms with Crippen molar-refractivity contribution in [1.29, 1.82) is 0 Å². The Hall–Kier alpha value is -2.31. The number of nitrogens with one attached hydrogen (secondary N) is 1. The quantitative estimate of drug-likeness (QED) is 0.277. The molecule has 1 heterocycles. The fourth-order valence-electron chi connectivity index (χ4n) is 12.8. The van der Waals surface area contributed by atoms with Crippen molar-refractivity contribution in [3.8, 4) is 0 Å². The highest BCUT2D eigenvalue weighted by atomic mass is 16.5. The second-order valence-electron chi connectivity index (χ2n) is 18.3. The van der Waals surface area contributed by atoms with Crippen molar-refractivity contribution in [3.05, 3.63) is 24.2 Å². The maximum atomic E-state index is 13.3. The van der Waals surface area contributed by atoms with Crippen LogP contribution in [0.2, 0.25) is 0 Å². The molecule has 0 spiro atoms. The van der Waals surface area contributed by atoms with Crippen molar-refractivity contribution in [2.75, 3.05) is 0 Å². The summed E-state index contributed by atoms with van der Waals surface area (Å²) in [5.41, 5.74) is -0.521. The Kier molecular flexibility index (Phi) is 8.32. The molecule has 1 aromatic rings. The van der Waals surface area contributed by atoms with Crippen LogP contribution in [0.15, 0.2) is 22.8 Å². The van der Waals surface area contributed by atoms with E-state index in [9.17, 15) is 19.5 Å². The third kappa shape index (κ3) is 5.16. The van der Waals surface area contributed by atoms with Gasteiger partial charge in [-0.1, -0.05) is 41.0 Å². The van der Waals surface area contributed by atoms with Gasteiger partial charge in [0, 0.05) is 11.8 Å². The van der Waals surface area contributed by atoms with E-state index in [0.717, 1.165) is 31.4 Å². The number of carboxylic acids is 1. The molecule has 0 bridgehead atoms. The zero-order valence-electron chi connectivity index (χ0n) is 29.5. The van der Waals surface area contributed by atoms with Crippen LogP contribution in [0.3, 0.4) is 0 Å². The molecule has 5 aliphatic carbocycles. The summed E-state index contributed by atoms with van der Waals surface area (Å²) in [6.45, 7) is 16.1. The molecule has 0 saturated heterocycles. The van der Waals surface area contributed by atoms with Crippen LogP contribution >= 0.6 is 0 Å². The van der Waals surface area contributed by atoms with E-state index in [1.165, 1.54) is 44.9 Å². The minimum atomic E-state index is -1.13. The first-order valence-electron chi connectivity index (χ1n) is 18.2. The monoisotopic (exact) mass is 637 g/mol. The molecule has 256 valence electrons. The summed E-state index contributed by atoms with van der Waals surface area (Å²) in [4.78, 5) is 38.0. The van der Waals surface area contributed by atoms with Gasteiger partial charge in [0.05, 0.1) is 24.6 Å². The lowest BCUT2D eigenvalue weighted by atomic mass is 9.32. The number of hydrogen-bond acceptors (Lipinski definition) is 5. The molecule has 5 fully saturated rings. The molecule has 0 radical (unpaired) electrons. The maximum Gasteiger partial charge on any atom is 0.309 e. The predicted molar refractivity (Wildman–Crippen MR) is 176 cm³/mol. The zero-order valence-corrected chi connectivity index (χ0v) is 29.5. The van der Waals surface area contributed by atoms with Crippen molar-refractivity contribution < 1.29 is 28.6 Å². The fourth-order valence-corrected chi connectivity index (χ4v) is 12.8. The molecule has 9 atom stereocenters. The lowest BCUT2D eigenvalue weighted by Crippen LogP contribution is -2.66. The van der Waals surface area contributed by atoms with Gasteiger partial charge in [0.15, 0.2) is 0 Å². The summed E-state index contributed by atoms with van der Waals surface area (Å²) in [7, 11) is 0. The van der Waals surface area contributed by atoms with Crippen LogP contribution in [-0.4, -0.2) is 29.1 Å². The molecule has 2 N–H and O–H groups in total. The lowest BCUT2D eigenvalue weighted by Gasteiger charge is -2.72. The van der Waals surface area contributed by atoms with Gasteiger partial charge in [-0.25, -0.2) is 0 Å². The smallest absolute Gasteiger partial charge is 0.309 e. The third-order valence-electron chi connectivity index (χ3n) is 15.5. The lowest BCUT2D eigenvalue weighted by molar-refractivity contribution is -0.248. The highest BCUT2D eigenvalue weighted by Gasteiger charge is 2.70. The van der Waals surface area contributed by atoms with Crippen LogP contribution in [-0.2, 0) is 25.7 Å². The number of rotatable bonds is 8. The third-order valence-corrected chi connectivity index (χ3v) is 15.5. The molecule has 2 unspecified atom stereocenters. The first kappa shape index (κ1) is 33.6. The number of hydrogen-bond donors (Lipinski definition) is 2. The van der Waals surface area contributed by atoms with E-state index in [4.69, 9.17) is 9.15 Å². The van der Waals surface area contributed by atoms with E-state index in [1.54, 1.807) is 20.1 Å². The minimum Gasteiger partial charge on any atom is -0.481 e. The molecule has 5 saturated carbocycles. The summed E-state index contributed by atoms with van der Waals surface area (Å²) >= 11 is 0. The Balaban J connectivity index is 1.18. The number of carboxylic acid groups (broad SMARTS) is 1. The van der Waals surface area contributed by atoms with Gasteiger partial charge in [-0.15, -0.1) is 0 Å². The van der Waals surface area contributed by atoms with Gasteiger partial charge in [-0.05, 0) is 136 Å². The van der Waals surface area contributed by atoms with Crippen LogP contribution in [0, 0.1) is 56.2 Å². The van der Waals surface area contributed by atoms with Gasteiger partial charge in [0.25, 0.3) is 0 Å². The topological polar surface area (TPSA) is 106 Å². The number of ether oxygens (including phenoxy) is 1. The molecule has 0 aromatic carbocycles. The number of esters is 1. The predicted octanol–water partition coefficient (Wildman–Crippen LogP) is 8.55. The summed E-state index contributed by atoms with van der Waals surface area (Å²) in [5, 5.41) is 12.7. The van der Waals surface area contributed by atoms with E-state index in [2.05, 4.69) is 39.9 Å². The summed E-state index contributed by atoms with van der Waals surface area (Å²) in [6.07, 6.45) is 14.7. The highest BCUT2D eigenvalue weighted by molar-refractivity contribution is 5.81. The molecular formula is C39H59NO6. The van der Waals surface area contributed by atoms with Gasteiger partial charge in [0.1, 0.15) is 11.9 Å². The van der Waals surface area contributed by atoms with Crippen molar-refractivity contribution in [2.45, 2.75) is 145 Å². The number of fused-ring (bicyclic) bond motifs is 7. The molecule has 0 aliphatic heterocycles. The maximum absolute atomic E-state index is 13.3. The largest absolute Gasteiger partial charge is 0.481 e. The summed E-state index contributed by atoms with van der Waals surface area (Å²) in [6, 6.07) is 3.79. The SMILES string of the molecule is CC(C)(CC(=O)O[C@H]1CC[C@@]2(C)C(CC[C@]3(C)C2CC[C@@H]2[C@H]4CCC[C@]4(CC(=O)NCc4ccco4)CC[C@]23C)C1(C)C)C(=O)O. The Morgan fingerprint density at radius 2 is 1.67 bits per heavy atom. The Bertz CT molecular complexity index is 1330. The Labute approximate surface area is 276 Å². The van der Waals surface area contributed by atoms with Gasteiger partial charge < -0.3 is 19.6 Å². The zero-order chi connectivity index (χ0) is 33.3. The second kappa shape index (κ2) is 11.4. The van der Waals surface area contributed by atoms with Crippen LogP contribution in [0.25, 0.3) is 0 Å². The Morgan fingerprint density at radius 3 is 2.37 bits per heavy atom. The molecule has 5 aliphatic rings. The Morgan fingerprint density at radius 1 is 0.913 bits per heavy atom. The van der Waals surface area contributed by atoms with Crippen molar-refractivity contribution in [1.82, 2.24) is 5.32 Å². The molecular weight excluding hydrogens is 578 g/mol. The van der Waals surface area contributed by atoms with E-state index in [-0.39, 0.29) is 51.5 Å². The number of carbonyl (C=O) groups is 3. The fraction of sp³-hybridized carbons (Fsp3) is 0.821. The van der Waals surface area contributed by atoms with Gasteiger partial charge >= 0.3 is 11.9 Å². The normalized spacial score (nSPS) is 41.3. The van der Waals surface area contributed by atoms with Crippen LogP contribution in [0.5, 0.6) is 0 Å². The van der Waals surface area contributed by atoms with Crippen LogP contribution in [0.1, 0.15) is 138 Å². The first-order chi connectivity index (χ1) is 21.5. The minimum absolute atomic E-state index is 0.106. The van der Waals surface area contributed by atoms with E-state index >= 15 is 0 Å².